The van der Waals surface area contributed by atoms with Crippen molar-refractivity contribution >= 4 is 27.5 Å². The normalized spacial score (nSPS) is 14.2. The van der Waals surface area contributed by atoms with Gasteiger partial charge in [-0.3, -0.25) is 9.78 Å². The predicted molar refractivity (Wildman–Crippen MR) is 183 cm³/mol. The molecule has 1 radical (unpaired) electrons. The van der Waals surface area contributed by atoms with Crippen LogP contribution in [0.3, 0.4) is 0 Å². The van der Waals surface area contributed by atoms with Crippen LogP contribution < -0.4 is 0 Å². The summed E-state index contributed by atoms with van der Waals surface area (Å²) in [4.78, 5) is 16.2. The topological polar surface area (TPSA) is 50.2 Å². The summed E-state index contributed by atoms with van der Waals surface area (Å²) in [5.41, 5.74) is 8.82. The molecule has 1 aliphatic rings. The number of nitrogens with zero attached hydrogens (tertiary/aromatic N) is 1. The fourth-order valence-electron chi connectivity index (χ4n) is 6.14. The Kier molecular flexibility index (Phi) is 12.1. The fourth-order valence-corrected chi connectivity index (χ4v) is 6.14. The Morgan fingerprint density at radius 2 is 1.66 bits per heavy atom. The molecule has 4 heteroatoms. The van der Waals surface area contributed by atoms with Gasteiger partial charge in [0.15, 0.2) is 5.78 Å². The summed E-state index contributed by atoms with van der Waals surface area (Å²) in [6.07, 6.45) is 7.96. The van der Waals surface area contributed by atoms with E-state index >= 15 is 0 Å². The Labute approximate surface area is 278 Å². The summed E-state index contributed by atoms with van der Waals surface area (Å²) in [6, 6.07) is 21.6. The fraction of sp³-hybridized carbons (Fsp3) is 0.450. The molecule has 0 amide bonds. The first-order valence-electron chi connectivity index (χ1n) is 16.1. The number of pyridine rings is 1. The zero-order valence-corrected chi connectivity index (χ0v) is 30.5. The number of carbonyl (C=O) groups excluding carboxylic acids is 1. The van der Waals surface area contributed by atoms with Gasteiger partial charge in [-0.1, -0.05) is 115 Å². The van der Waals surface area contributed by atoms with E-state index in [1.807, 2.05) is 27.7 Å². The van der Waals surface area contributed by atoms with E-state index in [1.165, 1.54) is 70.2 Å². The van der Waals surface area contributed by atoms with Crippen LogP contribution in [-0.2, 0) is 36.7 Å². The molecule has 1 saturated carbocycles. The molecule has 4 aromatic rings. The molecule has 0 atom stereocenters. The molecule has 1 aliphatic carbocycles. The van der Waals surface area contributed by atoms with Crippen LogP contribution in [0.25, 0.3) is 32.9 Å². The number of ketones is 1. The number of aliphatic hydroxyl groups is 1. The first-order valence-corrected chi connectivity index (χ1v) is 16.1. The quantitative estimate of drug-likeness (QED) is 0.121. The smallest absolute Gasteiger partial charge is 0.161 e. The van der Waals surface area contributed by atoms with Crippen LogP contribution in [-0.4, -0.2) is 15.9 Å². The van der Waals surface area contributed by atoms with Gasteiger partial charge in [0.1, 0.15) is 0 Å². The third-order valence-corrected chi connectivity index (χ3v) is 8.63. The van der Waals surface area contributed by atoms with Crippen LogP contribution in [0.4, 0.5) is 0 Å². The van der Waals surface area contributed by atoms with Crippen LogP contribution in [0.15, 0.2) is 60.4 Å². The van der Waals surface area contributed by atoms with Gasteiger partial charge in [0.05, 0.1) is 11.3 Å². The van der Waals surface area contributed by atoms with Gasteiger partial charge in [0.2, 0.25) is 0 Å². The summed E-state index contributed by atoms with van der Waals surface area (Å²) in [5.74, 6) is 0.966. The van der Waals surface area contributed by atoms with Crippen molar-refractivity contribution in [3.8, 4) is 11.3 Å². The maximum Gasteiger partial charge on any atom is 0.161 e. The number of rotatable bonds is 6. The molecule has 1 N–H and O–H groups in total. The molecule has 0 saturated heterocycles. The molecule has 1 fully saturated rings. The molecule has 0 bridgehead atoms. The van der Waals surface area contributed by atoms with Crippen molar-refractivity contribution in [3.63, 3.8) is 0 Å². The van der Waals surface area contributed by atoms with Crippen molar-refractivity contribution in [2.45, 2.75) is 99.8 Å². The third-order valence-electron chi connectivity index (χ3n) is 8.63. The van der Waals surface area contributed by atoms with Gasteiger partial charge < -0.3 is 5.11 Å². The van der Waals surface area contributed by atoms with Crippen molar-refractivity contribution in [2.75, 3.05) is 0 Å². The third kappa shape index (κ3) is 8.67. The van der Waals surface area contributed by atoms with Crippen LogP contribution >= 0.6 is 0 Å². The zero-order chi connectivity index (χ0) is 31.5. The number of hydrogen-bond donors (Lipinski definition) is 1. The molecule has 44 heavy (non-hydrogen) atoms. The predicted octanol–water partition coefficient (Wildman–Crippen LogP) is 10.8. The largest absolute Gasteiger partial charge is 0.512 e. The molecule has 0 spiro atoms. The van der Waals surface area contributed by atoms with E-state index in [1.54, 1.807) is 0 Å². The van der Waals surface area contributed by atoms with Crippen molar-refractivity contribution in [1.29, 1.82) is 0 Å². The summed E-state index contributed by atoms with van der Waals surface area (Å²) < 4.78 is 0. The number of aryl methyl sites for hydroxylation is 2. The van der Waals surface area contributed by atoms with E-state index in [9.17, 15) is 9.90 Å². The first-order chi connectivity index (χ1) is 20.2. The standard InChI is InChI=1S/C31H34N.C9H16O2.Ir/c1-20-14-21(2)30-25(16-22-10-6-7-11-22)19-28(32-29(30)15-20)24-17-23-12-8-9-13-26(23)27(18-24)31(3,4)5;1-6(2)8(10)5-9(11)7(3)4;/h8-9,12-15,18-19,22H,6-7,10-11,16H2,1-5H3;5-7,10H,1-4H3;/q-1;;/b;8-5-;. The second-order valence-corrected chi connectivity index (χ2v) is 14.2. The van der Waals surface area contributed by atoms with Gasteiger partial charge in [-0.25, -0.2) is 0 Å². The Morgan fingerprint density at radius 3 is 2.27 bits per heavy atom. The molecule has 237 valence electrons. The maximum atomic E-state index is 11.0. The first kappa shape index (κ1) is 35.7. The minimum atomic E-state index is -0.0316. The Morgan fingerprint density at radius 1 is 1.00 bits per heavy atom. The molecule has 0 aliphatic heterocycles. The van der Waals surface area contributed by atoms with Gasteiger partial charge in [-0.05, 0) is 54.4 Å². The molecule has 5 rings (SSSR count). The minimum Gasteiger partial charge on any atom is -0.512 e. The van der Waals surface area contributed by atoms with E-state index < -0.39 is 0 Å². The second-order valence-electron chi connectivity index (χ2n) is 14.2. The van der Waals surface area contributed by atoms with E-state index in [-0.39, 0.29) is 48.9 Å². The van der Waals surface area contributed by atoms with Crippen molar-refractivity contribution < 1.29 is 30.0 Å². The van der Waals surface area contributed by atoms with Crippen molar-refractivity contribution in [2.24, 2.45) is 17.8 Å². The Balaban J connectivity index is 0.000000380. The number of fused-ring (bicyclic) bond motifs is 2. The SMILES string of the molecule is CC(C)C(=O)/C=C(\O)C(C)C.Cc1cc(C)c2c(CC3CCCC3)cc(-c3[c-]c4ccccc4c(C(C)(C)C)c3)nc2c1.[Ir]. The van der Waals surface area contributed by atoms with Gasteiger partial charge in [0, 0.05) is 49.1 Å². The molecule has 0 unspecified atom stereocenters. The molecule has 3 nitrogen and oxygen atoms in total. The zero-order valence-electron chi connectivity index (χ0n) is 28.1. The number of aromatic nitrogens is 1. The molecular weight excluding hydrogens is 719 g/mol. The van der Waals surface area contributed by atoms with Crippen molar-refractivity contribution in [3.05, 3.63) is 88.7 Å². The van der Waals surface area contributed by atoms with E-state index in [0.29, 0.717) is 0 Å². The second kappa shape index (κ2) is 15.0. The number of hydrogen-bond acceptors (Lipinski definition) is 3. The average molecular weight is 769 g/mol. The van der Waals surface area contributed by atoms with Gasteiger partial charge in [-0.2, -0.15) is 0 Å². The van der Waals surface area contributed by atoms with Crippen LogP contribution in [0.1, 0.15) is 96.4 Å². The number of aliphatic hydroxyl groups excluding tert-OH is 1. The molecule has 1 aromatic heterocycles. The van der Waals surface area contributed by atoms with E-state index in [4.69, 9.17) is 4.98 Å². The minimum absolute atomic E-state index is 0. The summed E-state index contributed by atoms with van der Waals surface area (Å²) >= 11 is 0. The van der Waals surface area contributed by atoms with Gasteiger partial charge in [0.25, 0.3) is 0 Å². The Hall–Kier alpha value is -2.81. The molecule has 1 heterocycles. The van der Waals surface area contributed by atoms with Gasteiger partial charge >= 0.3 is 0 Å². The number of carbonyl (C=O) groups is 1. The summed E-state index contributed by atoms with van der Waals surface area (Å²) in [6.45, 7) is 18.6. The molecule has 3 aromatic carbocycles. The van der Waals surface area contributed by atoms with Crippen LogP contribution in [0.2, 0.25) is 0 Å². The maximum absolute atomic E-state index is 11.0. The average Bonchev–Trinajstić information content (AvgIpc) is 3.44. The Bertz CT molecular complexity index is 1640. The van der Waals surface area contributed by atoms with E-state index in [2.05, 4.69) is 89.2 Å². The number of benzene rings is 3. The summed E-state index contributed by atoms with van der Waals surface area (Å²) in [7, 11) is 0. The van der Waals surface area contributed by atoms with Crippen LogP contribution in [0.5, 0.6) is 0 Å². The monoisotopic (exact) mass is 769 g/mol. The molecular formula is C40H50IrNO2-. The van der Waals surface area contributed by atoms with Crippen LogP contribution in [0, 0.1) is 37.7 Å². The summed E-state index contributed by atoms with van der Waals surface area (Å²) in [5, 5.41) is 13.0. The number of allylic oxidation sites excluding steroid dienone is 2. The van der Waals surface area contributed by atoms with E-state index in [0.717, 1.165) is 29.1 Å². The van der Waals surface area contributed by atoms with Gasteiger partial charge in [-0.15, -0.1) is 29.1 Å². The van der Waals surface area contributed by atoms with Crippen molar-refractivity contribution in [1.82, 2.24) is 4.98 Å².